The van der Waals surface area contributed by atoms with Gasteiger partial charge in [-0.2, -0.15) is 0 Å². The molecular weight excluding hydrogens is 611 g/mol. The van der Waals surface area contributed by atoms with E-state index >= 15 is 0 Å². The zero-order valence-electron chi connectivity index (χ0n) is 27.0. The molecule has 0 atom stereocenters. The number of nitrogens with zero attached hydrogens (tertiary/aromatic N) is 3. The fraction of sp³-hybridized carbons (Fsp3) is 0. The van der Waals surface area contributed by atoms with E-state index in [0.29, 0.717) is 5.82 Å². The van der Waals surface area contributed by atoms with E-state index in [4.69, 9.17) is 14.4 Å². The molecule has 3 heterocycles. The molecule has 0 spiro atoms. The first-order valence-corrected chi connectivity index (χ1v) is 16.8. The Morgan fingerprint density at radius 3 is 1.84 bits per heavy atom. The average molecular weight is 640 g/mol. The van der Waals surface area contributed by atoms with Crippen molar-refractivity contribution in [3.05, 3.63) is 176 Å². The fourth-order valence-electron chi connectivity index (χ4n) is 7.21. The molecule has 0 amide bonds. The van der Waals surface area contributed by atoms with Gasteiger partial charge in [0.2, 0.25) is 0 Å². The van der Waals surface area contributed by atoms with E-state index in [9.17, 15) is 0 Å². The predicted octanol–water partition coefficient (Wildman–Crippen LogP) is 12.1. The van der Waals surface area contributed by atoms with E-state index in [-0.39, 0.29) is 0 Å². The molecule has 4 heteroatoms. The number of hydrogen-bond donors (Lipinski definition) is 0. The summed E-state index contributed by atoms with van der Waals surface area (Å²) in [6.45, 7) is 0. The Morgan fingerprint density at radius 1 is 0.360 bits per heavy atom. The van der Waals surface area contributed by atoms with Crippen molar-refractivity contribution in [1.29, 1.82) is 0 Å². The lowest BCUT2D eigenvalue weighted by molar-refractivity contribution is 0.669. The lowest BCUT2D eigenvalue weighted by Gasteiger charge is -2.12. The lowest BCUT2D eigenvalue weighted by atomic mass is 10.0. The van der Waals surface area contributed by atoms with E-state index in [1.807, 2.05) is 24.3 Å². The average Bonchev–Trinajstić information content (AvgIpc) is 3.73. The monoisotopic (exact) mass is 639 g/mol. The third kappa shape index (κ3) is 4.69. The lowest BCUT2D eigenvalue weighted by Crippen LogP contribution is -1.97. The largest absolute Gasteiger partial charge is 0.456 e. The van der Waals surface area contributed by atoms with Crippen molar-refractivity contribution in [2.45, 2.75) is 0 Å². The maximum atomic E-state index is 6.18. The van der Waals surface area contributed by atoms with Crippen LogP contribution in [-0.4, -0.2) is 14.5 Å². The zero-order chi connectivity index (χ0) is 33.0. The van der Waals surface area contributed by atoms with Crippen LogP contribution in [0.3, 0.4) is 0 Å². The summed E-state index contributed by atoms with van der Waals surface area (Å²) in [5.74, 6) is 0.682. The topological polar surface area (TPSA) is 43.9 Å². The van der Waals surface area contributed by atoms with Gasteiger partial charge in [-0.25, -0.2) is 9.97 Å². The number of benzene rings is 7. The molecule has 0 aliphatic rings. The van der Waals surface area contributed by atoms with E-state index in [2.05, 4.69) is 156 Å². The molecule has 0 N–H and O–H groups in total. The van der Waals surface area contributed by atoms with Crippen molar-refractivity contribution < 1.29 is 4.42 Å². The Kier molecular flexibility index (Phi) is 6.46. The highest BCUT2D eigenvalue weighted by Crippen LogP contribution is 2.38. The smallest absolute Gasteiger partial charge is 0.160 e. The van der Waals surface area contributed by atoms with Crippen LogP contribution in [0.2, 0.25) is 0 Å². The summed E-state index contributed by atoms with van der Waals surface area (Å²) in [6, 6.07) is 61.4. The van der Waals surface area contributed by atoms with Gasteiger partial charge in [-0.3, -0.25) is 0 Å². The first-order chi connectivity index (χ1) is 24.8. The Balaban J connectivity index is 1.18. The van der Waals surface area contributed by atoms with Crippen LogP contribution < -0.4 is 0 Å². The molecular formula is C46H29N3O. The normalized spacial score (nSPS) is 11.6. The second-order valence-electron chi connectivity index (χ2n) is 12.6. The number of rotatable bonds is 5. The molecule has 10 aromatic rings. The Morgan fingerprint density at radius 2 is 1.00 bits per heavy atom. The third-order valence-electron chi connectivity index (χ3n) is 9.61. The first kappa shape index (κ1) is 28.3. The number of fused-ring (bicyclic) bond motifs is 6. The standard InChI is InChI=1S/C46H29N3O/c1-3-12-30(13-4-1)32-16-11-17-33(26-32)41-29-40(31-14-5-2-6-15-31)47-46(48-41)34-22-24-37-36-18-7-9-20-42(36)49(43(37)27-34)35-23-25-45-39(28-35)38-19-8-10-21-44(38)50-45/h1-29H. The second-order valence-corrected chi connectivity index (χ2v) is 12.6. The summed E-state index contributed by atoms with van der Waals surface area (Å²) >= 11 is 0. The molecule has 0 saturated heterocycles. The molecule has 50 heavy (non-hydrogen) atoms. The molecule has 0 unspecified atom stereocenters. The summed E-state index contributed by atoms with van der Waals surface area (Å²) in [6.07, 6.45) is 0. The van der Waals surface area contributed by atoms with Crippen molar-refractivity contribution in [2.75, 3.05) is 0 Å². The molecule has 234 valence electrons. The minimum absolute atomic E-state index is 0.682. The van der Waals surface area contributed by atoms with Crippen LogP contribution in [-0.2, 0) is 0 Å². The summed E-state index contributed by atoms with van der Waals surface area (Å²) in [7, 11) is 0. The van der Waals surface area contributed by atoms with Gasteiger partial charge in [0.15, 0.2) is 5.82 Å². The molecule has 0 radical (unpaired) electrons. The SMILES string of the molecule is c1ccc(-c2cccc(-c3cc(-c4ccccc4)nc(-c4ccc5c6ccccc6n(-c6ccc7oc8ccccc8c7c6)c5c4)n3)c2)cc1. The first-order valence-electron chi connectivity index (χ1n) is 16.8. The number of para-hydroxylation sites is 2. The van der Waals surface area contributed by atoms with Crippen LogP contribution in [0.1, 0.15) is 0 Å². The molecule has 0 fully saturated rings. The maximum absolute atomic E-state index is 6.18. The van der Waals surface area contributed by atoms with Crippen LogP contribution in [0.25, 0.3) is 94.5 Å². The molecule has 4 nitrogen and oxygen atoms in total. The summed E-state index contributed by atoms with van der Waals surface area (Å²) in [4.78, 5) is 10.4. The minimum atomic E-state index is 0.682. The van der Waals surface area contributed by atoms with Crippen molar-refractivity contribution >= 4 is 43.7 Å². The van der Waals surface area contributed by atoms with Gasteiger partial charge >= 0.3 is 0 Å². The van der Waals surface area contributed by atoms with E-state index in [1.165, 1.54) is 16.3 Å². The highest BCUT2D eigenvalue weighted by Gasteiger charge is 2.17. The van der Waals surface area contributed by atoms with Gasteiger partial charge < -0.3 is 8.98 Å². The van der Waals surface area contributed by atoms with Crippen molar-refractivity contribution in [1.82, 2.24) is 14.5 Å². The van der Waals surface area contributed by atoms with Gasteiger partial charge in [0.25, 0.3) is 0 Å². The number of aromatic nitrogens is 3. The van der Waals surface area contributed by atoms with Crippen LogP contribution in [0.4, 0.5) is 0 Å². The molecule has 3 aromatic heterocycles. The number of hydrogen-bond acceptors (Lipinski definition) is 3. The molecule has 10 rings (SSSR count). The van der Waals surface area contributed by atoms with Crippen LogP contribution >= 0.6 is 0 Å². The van der Waals surface area contributed by atoms with Crippen LogP contribution in [0, 0.1) is 0 Å². The molecule has 0 aliphatic carbocycles. The quantitative estimate of drug-likeness (QED) is 0.188. The summed E-state index contributed by atoms with van der Waals surface area (Å²) in [5.41, 5.74) is 12.2. The van der Waals surface area contributed by atoms with Crippen LogP contribution in [0.5, 0.6) is 0 Å². The molecule has 7 aromatic carbocycles. The van der Waals surface area contributed by atoms with Crippen molar-refractivity contribution in [2.24, 2.45) is 0 Å². The highest BCUT2D eigenvalue weighted by atomic mass is 16.3. The van der Waals surface area contributed by atoms with Gasteiger partial charge in [0, 0.05) is 43.9 Å². The van der Waals surface area contributed by atoms with Gasteiger partial charge in [0.1, 0.15) is 11.2 Å². The van der Waals surface area contributed by atoms with Crippen LogP contribution in [0.15, 0.2) is 180 Å². The predicted molar refractivity (Wildman–Crippen MR) is 205 cm³/mol. The molecule has 0 aliphatic heterocycles. The second kappa shape index (κ2) is 11.4. The zero-order valence-corrected chi connectivity index (χ0v) is 27.0. The number of furan rings is 1. The third-order valence-corrected chi connectivity index (χ3v) is 9.61. The van der Waals surface area contributed by atoms with Gasteiger partial charge in [0.05, 0.1) is 22.4 Å². The van der Waals surface area contributed by atoms with E-state index < -0.39 is 0 Å². The van der Waals surface area contributed by atoms with Gasteiger partial charge in [-0.1, -0.05) is 127 Å². The summed E-state index contributed by atoms with van der Waals surface area (Å²) in [5, 5.41) is 4.59. The molecule has 0 bridgehead atoms. The Hall–Kier alpha value is -6.78. The Labute approximate surface area is 288 Å². The molecule has 0 saturated carbocycles. The minimum Gasteiger partial charge on any atom is -0.456 e. The van der Waals surface area contributed by atoms with Gasteiger partial charge in [-0.05, 0) is 59.7 Å². The van der Waals surface area contributed by atoms with Crippen molar-refractivity contribution in [3.63, 3.8) is 0 Å². The van der Waals surface area contributed by atoms with Gasteiger partial charge in [-0.15, -0.1) is 0 Å². The highest BCUT2D eigenvalue weighted by molar-refractivity contribution is 6.11. The van der Waals surface area contributed by atoms with Crippen molar-refractivity contribution in [3.8, 4) is 50.7 Å². The van der Waals surface area contributed by atoms with E-state index in [1.54, 1.807) is 0 Å². The maximum Gasteiger partial charge on any atom is 0.160 e. The summed E-state index contributed by atoms with van der Waals surface area (Å²) < 4.78 is 8.53. The fourth-order valence-corrected chi connectivity index (χ4v) is 7.21. The van der Waals surface area contributed by atoms with E-state index in [0.717, 1.165) is 72.3 Å². The Bertz CT molecular complexity index is 2870.